The molecule has 3 heteroatoms. The second-order valence-corrected chi connectivity index (χ2v) is 1.09. The van der Waals surface area contributed by atoms with Crippen molar-refractivity contribution in [3.05, 3.63) is 0 Å². The second kappa shape index (κ2) is 9.69. The van der Waals surface area contributed by atoms with Gasteiger partial charge in [0.1, 0.15) is 0 Å². The maximum absolute atomic E-state index is 8.06. The minimum Gasteiger partial charge on any atom is -0.394 e. The molecule has 0 aliphatic rings. The van der Waals surface area contributed by atoms with Gasteiger partial charge in [-0.15, -0.1) is 0 Å². The van der Waals surface area contributed by atoms with Crippen molar-refractivity contribution in [2.45, 2.75) is 20.0 Å². The molecule has 0 fully saturated rings. The van der Waals surface area contributed by atoms with Crippen LogP contribution < -0.4 is 0 Å². The van der Waals surface area contributed by atoms with Crippen LogP contribution in [0.1, 0.15) is 13.8 Å². The van der Waals surface area contributed by atoms with Crippen molar-refractivity contribution in [3.8, 4) is 0 Å². The normalized spacial score (nSPS) is 6.00. The van der Waals surface area contributed by atoms with Crippen LogP contribution in [-0.2, 0) is 21.7 Å². The summed E-state index contributed by atoms with van der Waals surface area (Å²) in [4.78, 5) is 0. The van der Waals surface area contributed by atoms with Crippen molar-refractivity contribution in [2.75, 3.05) is 0 Å². The van der Waals surface area contributed by atoms with Crippen LogP contribution in [0.15, 0.2) is 0 Å². The third-order valence-corrected chi connectivity index (χ3v) is 0. The third kappa shape index (κ3) is 50.5. The molecule has 34 valence electrons. The van der Waals surface area contributed by atoms with E-state index in [0.29, 0.717) is 0 Å². The Bertz CT molecular complexity index is 15.5. The third-order valence-electron chi connectivity index (χ3n) is 0. The zero-order valence-corrected chi connectivity index (χ0v) is 8.44. The first kappa shape index (κ1) is 15.6. The van der Waals surface area contributed by atoms with E-state index in [2.05, 4.69) is 0 Å². The number of hydrogen-bond donors (Lipinski definition) is 1. The van der Waals surface area contributed by atoms with Crippen molar-refractivity contribution in [2.24, 2.45) is 0 Å². The number of rotatable bonds is 0. The Labute approximate surface area is 70.3 Å². The molecule has 1 nitrogen and oxygen atoms in total. The van der Waals surface area contributed by atoms with E-state index in [4.69, 9.17) is 5.11 Å². The topological polar surface area (TPSA) is 20.2 Å². The van der Waals surface area contributed by atoms with Crippen molar-refractivity contribution in [1.82, 2.24) is 0 Å². The zero-order chi connectivity index (χ0) is 3.58. The van der Waals surface area contributed by atoms with Crippen molar-refractivity contribution >= 4 is 23.9 Å². The van der Waals surface area contributed by atoms with E-state index in [-0.39, 0.29) is 51.7 Å². The van der Waals surface area contributed by atoms with E-state index in [0.717, 1.165) is 0 Å². The molecule has 0 aromatic rings. The fourth-order valence-corrected chi connectivity index (χ4v) is 0. The van der Waals surface area contributed by atoms with Crippen LogP contribution in [0, 0.1) is 0 Å². The summed E-state index contributed by atoms with van der Waals surface area (Å²) in [6, 6.07) is 0. The fourth-order valence-electron chi connectivity index (χ4n) is 0. The first-order valence-electron chi connectivity index (χ1n) is 1.41. The Balaban J connectivity index is -0.0000000450. The summed E-state index contributed by atoms with van der Waals surface area (Å²) in [7, 11) is 0. The molecule has 0 rings (SSSR count). The average molecular weight is 227 g/mol. The molecule has 1 N–H and O–H groups in total. The molecule has 0 aliphatic heterocycles. The average Bonchev–Trinajstić information content (AvgIpc) is 0.811. The number of aliphatic hydroxyl groups excluding tert-OH is 1. The first-order chi connectivity index (χ1) is 1.73. The predicted molar refractivity (Wildman–Crippen MR) is 23.1 cm³/mol. The molecule has 0 spiro atoms. The molecule has 0 heterocycles. The van der Waals surface area contributed by atoms with E-state index in [1.54, 1.807) is 13.8 Å². The summed E-state index contributed by atoms with van der Waals surface area (Å²) in [5, 5.41) is 8.06. The molecule has 0 bridgehead atoms. The minimum absolute atomic E-state index is 0. The molecule has 0 saturated heterocycles. The van der Waals surface area contributed by atoms with Gasteiger partial charge in [0.05, 0.1) is 0 Å². The Morgan fingerprint density at radius 1 is 1.33 bits per heavy atom. The molecule has 6 heavy (non-hydrogen) atoms. The summed E-state index contributed by atoms with van der Waals surface area (Å²) >= 11 is 0. The van der Waals surface area contributed by atoms with E-state index in [1.807, 2.05) is 0 Å². The van der Waals surface area contributed by atoms with E-state index in [9.17, 15) is 0 Å². The van der Waals surface area contributed by atoms with Crippen LogP contribution in [0.4, 0.5) is 0 Å². The van der Waals surface area contributed by atoms with Crippen molar-refractivity contribution in [3.63, 3.8) is 0 Å². The summed E-state index contributed by atoms with van der Waals surface area (Å²) in [5.74, 6) is 0. The van der Waals surface area contributed by atoms with Gasteiger partial charge in [-0.3, -0.25) is 0 Å². The molecule has 0 aromatic heterocycles. The van der Waals surface area contributed by atoms with Gasteiger partial charge >= 0.3 is 0 Å². The summed E-state index contributed by atoms with van der Waals surface area (Å²) in [6.45, 7) is 3.44. The van der Waals surface area contributed by atoms with Gasteiger partial charge in [0.25, 0.3) is 0 Å². The Hall–Kier alpha value is 1.47. The van der Waals surface area contributed by atoms with Gasteiger partial charge < -0.3 is 5.11 Å². The molecular formula is C3H8OSnTi. The van der Waals surface area contributed by atoms with Crippen LogP contribution in [-0.4, -0.2) is 35.1 Å². The maximum atomic E-state index is 8.06. The molecule has 0 aliphatic carbocycles. The monoisotopic (exact) mass is 228 g/mol. The van der Waals surface area contributed by atoms with Gasteiger partial charge in [-0.25, -0.2) is 0 Å². The quantitative estimate of drug-likeness (QED) is 0.577. The largest absolute Gasteiger partial charge is 0.394 e. The minimum atomic E-state index is -0.167. The first-order valence-corrected chi connectivity index (χ1v) is 1.41. The van der Waals surface area contributed by atoms with Crippen LogP contribution in [0.2, 0.25) is 0 Å². The number of hydrogen-bond acceptors (Lipinski definition) is 1. The molecule has 4 radical (unpaired) electrons. The molecule has 0 amide bonds. The second-order valence-electron chi connectivity index (χ2n) is 1.09. The van der Waals surface area contributed by atoms with Gasteiger partial charge in [0, 0.05) is 51.7 Å². The molecule has 0 atom stereocenters. The molecule has 0 saturated carbocycles. The van der Waals surface area contributed by atoms with Gasteiger partial charge in [0.2, 0.25) is 0 Å². The fraction of sp³-hybridized carbons (Fsp3) is 1.00. The summed E-state index contributed by atoms with van der Waals surface area (Å²) in [6.07, 6.45) is -0.167. The van der Waals surface area contributed by atoms with E-state index in [1.165, 1.54) is 0 Å². The van der Waals surface area contributed by atoms with Crippen LogP contribution in [0.25, 0.3) is 0 Å². The molecule has 0 aromatic carbocycles. The smallest absolute Gasteiger partial charge is 0.0483 e. The van der Waals surface area contributed by atoms with Gasteiger partial charge in [-0.05, 0) is 13.8 Å². The Morgan fingerprint density at radius 2 is 1.33 bits per heavy atom. The number of aliphatic hydroxyl groups is 1. The SMILES string of the molecule is CC(C)O.[Sn].[Ti]. The van der Waals surface area contributed by atoms with E-state index < -0.39 is 0 Å². The van der Waals surface area contributed by atoms with Gasteiger partial charge in [-0.2, -0.15) is 0 Å². The van der Waals surface area contributed by atoms with Crippen molar-refractivity contribution in [1.29, 1.82) is 0 Å². The van der Waals surface area contributed by atoms with Gasteiger partial charge in [-0.1, -0.05) is 0 Å². The maximum Gasteiger partial charge on any atom is 0.0483 e. The van der Waals surface area contributed by atoms with Crippen LogP contribution in [0.3, 0.4) is 0 Å². The van der Waals surface area contributed by atoms with Crippen LogP contribution >= 0.6 is 0 Å². The molecular weight excluding hydrogens is 219 g/mol. The zero-order valence-electron chi connectivity index (χ0n) is 4.02. The van der Waals surface area contributed by atoms with E-state index >= 15 is 0 Å². The Kier molecular flexibility index (Phi) is 25.3. The predicted octanol–water partition coefficient (Wildman–Crippen LogP) is 0.00380. The standard InChI is InChI=1S/C3H8O.Sn.Ti/c1-3(2)4;;/h3-4H,1-2H3;;. The van der Waals surface area contributed by atoms with Gasteiger partial charge in [0.15, 0.2) is 0 Å². The van der Waals surface area contributed by atoms with Crippen molar-refractivity contribution < 1.29 is 26.8 Å². The molecule has 0 unspecified atom stereocenters. The van der Waals surface area contributed by atoms with Crippen LogP contribution in [0.5, 0.6) is 0 Å². The summed E-state index contributed by atoms with van der Waals surface area (Å²) in [5.41, 5.74) is 0. The summed E-state index contributed by atoms with van der Waals surface area (Å²) < 4.78 is 0. The Morgan fingerprint density at radius 3 is 1.33 bits per heavy atom.